The van der Waals surface area contributed by atoms with Crippen LogP contribution in [0.1, 0.15) is 25.3 Å². The molecule has 0 aliphatic heterocycles. The van der Waals surface area contributed by atoms with E-state index in [2.05, 4.69) is 9.71 Å². The van der Waals surface area contributed by atoms with Crippen molar-refractivity contribution in [2.45, 2.75) is 32.3 Å². The number of nitrogens with zero attached hydrogens (tertiary/aromatic N) is 1. The first-order chi connectivity index (χ1) is 7.99. The number of aryl methyl sites for hydroxylation is 1. The first-order valence-electron chi connectivity index (χ1n) is 5.61. The first-order valence-corrected chi connectivity index (χ1v) is 7.50. The Morgan fingerprint density at radius 3 is 2.71 bits per heavy atom. The highest BCUT2D eigenvalue weighted by Gasteiger charge is 2.26. The summed E-state index contributed by atoms with van der Waals surface area (Å²) >= 11 is 0. The number of rotatable bonds is 5. The number of anilines is 1. The minimum Gasteiger partial charge on any atom is -0.488 e. The fourth-order valence-electron chi connectivity index (χ4n) is 1.51. The van der Waals surface area contributed by atoms with Crippen molar-refractivity contribution in [3.8, 4) is 5.75 Å². The number of nitrogens with one attached hydrogen (secondary N) is 1. The van der Waals surface area contributed by atoms with Gasteiger partial charge in [0.15, 0.2) is 0 Å². The van der Waals surface area contributed by atoms with E-state index in [0.717, 1.165) is 31.1 Å². The summed E-state index contributed by atoms with van der Waals surface area (Å²) in [6.07, 6.45) is 7.36. The number of aromatic nitrogens is 1. The van der Waals surface area contributed by atoms with Crippen molar-refractivity contribution in [1.82, 2.24) is 4.98 Å². The second-order valence-corrected chi connectivity index (χ2v) is 5.97. The van der Waals surface area contributed by atoms with Gasteiger partial charge in [-0.1, -0.05) is 6.92 Å². The van der Waals surface area contributed by atoms with Gasteiger partial charge in [0.05, 0.1) is 18.6 Å². The maximum Gasteiger partial charge on any atom is 0.229 e. The van der Waals surface area contributed by atoms with E-state index in [1.54, 1.807) is 6.20 Å². The molecule has 0 spiro atoms. The van der Waals surface area contributed by atoms with Crippen LogP contribution in [0, 0.1) is 0 Å². The SMILES string of the molecule is CCc1cncc(NS(C)(=O)=O)c1OC1CC1. The largest absolute Gasteiger partial charge is 0.488 e. The van der Waals surface area contributed by atoms with Crippen LogP contribution in [0.25, 0.3) is 0 Å². The zero-order valence-electron chi connectivity index (χ0n) is 9.93. The third-order valence-corrected chi connectivity index (χ3v) is 3.05. The maximum absolute atomic E-state index is 11.3. The van der Waals surface area contributed by atoms with E-state index in [1.807, 2.05) is 6.92 Å². The molecule has 94 valence electrons. The standard InChI is InChI=1S/C11H16N2O3S/c1-3-8-6-12-7-10(13-17(2,14)15)11(8)16-9-4-5-9/h6-7,9,13H,3-5H2,1-2H3. The van der Waals surface area contributed by atoms with Crippen LogP contribution >= 0.6 is 0 Å². The molecule has 1 heterocycles. The summed E-state index contributed by atoms with van der Waals surface area (Å²) in [7, 11) is -3.31. The van der Waals surface area contributed by atoms with Crippen LogP contribution in [0.2, 0.25) is 0 Å². The Hall–Kier alpha value is -1.30. The van der Waals surface area contributed by atoms with Crippen LogP contribution in [-0.4, -0.2) is 25.8 Å². The topological polar surface area (TPSA) is 68.3 Å². The third kappa shape index (κ3) is 3.33. The number of hydrogen-bond donors (Lipinski definition) is 1. The number of sulfonamides is 1. The molecule has 1 aromatic rings. The van der Waals surface area contributed by atoms with Crippen LogP contribution in [0.4, 0.5) is 5.69 Å². The van der Waals surface area contributed by atoms with Gasteiger partial charge in [0.1, 0.15) is 11.4 Å². The van der Waals surface area contributed by atoms with Gasteiger partial charge in [0.25, 0.3) is 0 Å². The highest BCUT2D eigenvalue weighted by atomic mass is 32.2. The van der Waals surface area contributed by atoms with Crippen molar-refractivity contribution in [3.63, 3.8) is 0 Å². The lowest BCUT2D eigenvalue weighted by Crippen LogP contribution is -2.12. The molecule has 0 atom stereocenters. The highest BCUT2D eigenvalue weighted by Crippen LogP contribution is 2.35. The Bertz CT molecular complexity index is 509. The van der Waals surface area contributed by atoms with Crippen LogP contribution < -0.4 is 9.46 Å². The molecule has 2 rings (SSSR count). The van der Waals surface area contributed by atoms with E-state index in [9.17, 15) is 8.42 Å². The molecule has 0 unspecified atom stereocenters. The van der Waals surface area contributed by atoms with Gasteiger partial charge in [0, 0.05) is 11.8 Å². The Morgan fingerprint density at radius 1 is 1.47 bits per heavy atom. The molecule has 1 fully saturated rings. The number of hydrogen-bond acceptors (Lipinski definition) is 4. The molecule has 1 saturated carbocycles. The van der Waals surface area contributed by atoms with E-state index in [4.69, 9.17) is 4.74 Å². The zero-order chi connectivity index (χ0) is 12.5. The van der Waals surface area contributed by atoms with Gasteiger partial charge < -0.3 is 4.74 Å². The van der Waals surface area contributed by atoms with Crippen LogP contribution in [0.5, 0.6) is 5.75 Å². The molecule has 5 nitrogen and oxygen atoms in total. The molecule has 1 N–H and O–H groups in total. The zero-order valence-corrected chi connectivity index (χ0v) is 10.8. The molecule has 0 amide bonds. The lowest BCUT2D eigenvalue weighted by atomic mass is 10.2. The first kappa shape index (κ1) is 12.2. The van der Waals surface area contributed by atoms with Crippen molar-refractivity contribution in [2.24, 2.45) is 0 Å². The van der Waals surface area contributed by atoms with Gasteiger partial charge in [-0.3, -0.25) is 9.71 Å². The molecule has 0 radical (unpaired) electrons. The normalized spacial score (nSPS) is 15.6. The van der Waals surface area contributed by atoms with Crippen molar-refractivity contribution >= 4 is 15.7 Å². The number of ether oxygens (including phenoxy) is 1. The van der Waals surface area contributed by atoms with Crippen LogP contribution in [0.3, 0.4) is 0 Å². The van der Waals surface area contributed by atoms with Crippen molar-refractivity contribution in [2.75, 3.05) is 11.0 Å². The average Bonchev–Trinajstić information content (AvgIpc) is 3.02. The molecule has 6 heteroatoms. The molecule has 17 heavy (non-hydrogen) atoms. The molecular weight excluding hydrogens is 240 g/mol. The maximum atomic E-state index is 11.3. The van der Waals surface area contributed by atoms with Gasteiger partial charge >= 0.3 is 0 Å². The molecule has 1 aromatic heterocycles. The summed E-state index contributed by atoms with van der Waals surface area (Å²) in [4.78, 5) is 4.02. The quantitative estimate of drug-likeness (QED) is 0.868. The van der Waals surface area contributed by atoms with Crippen LogP contribution in [0.15, 0.2) is 12.4 Å². The van der Waals surface area contributed by atoms with Gasteiger partial charge in [-0.2, -0.15) is 0 Å². The molecule has 1 aliphatic rings. The molecule has 1 aliphatic carbocycles. The summed E-state index contributed by atoms with van der Waals surface area (Å²) in [5, 5.41) is 0. The second-order valence-electron chi connectivity index (χ2n) is 4.22. The summed E-state index contributed by atoms with van der Waals surface area (Å²) in [5.41, 5.74) is 1.35. The third-order valence-electron chi connectivity index (χ3n) is 2.46. The van der Waals surface area contributed by atoms with Crippen molar-refractivity contribution < 1.29 is 13.2 Å². The number of pyridine rings is 1. The van der Waals surface area contributed by atoms with E-state index in [1.165, 1.54) is 6.20 Å². The Labute approximate surface area is 101 Å². The second kappa shape index (κ2) is 4.52. The minimum atomic E-state index is -3.31. The van der Waals surface area contributed by atoms with Gasteiger partial charge in [-0.25, -0.2) is 8.42 Å². The summed E-state index contributed by atoms with van der Waals surface area (Å²) < 4.78 is 30.7. The van der Waals surface area contributed by atoms with E-state index in [0.29, 0.717) is 11.4 Å². The van der Waals surface area contributed by atoms with Crippen LogP contribution in [-0.2, 0) is 16.4 Å². The fraction of sp³-hybridized carbons (Fsp3) is 0.545. The predicted octanol–water partition coefficient (Wildman–Crippen LogP) is 1.56. The monoisotopic (exact) mass is 256 g/mol. The van der Waals surface area contributed by atoms with E-state index in [-0.39, 0.29) is 6.10 Å². The van der Waals surface area contributed by atoms with Gasteiger partial charge in [-0.05, 0) is 19.3 Å². The lowest BCUT2D eigenvalue weighted by Gasteiger charge is -2.14. The average molecular weight is 256 g/mol. The predicted molar refractivity (Wildman–Crippen MR) is 65.7 cm³/mol. The van der Waals surface area contributed by atoms with Crippen molar-refractivity contribution in [3.05, 3.63) is 18.0 Å². The molecular formula is C11H16N2O3S. The summed E-state index contributed by atoms with van der Waals surface area (Å²) in [6, 6.07) is 0. The Balaban J connectivity index is 2.34. The van der Waals surface area contributed by atoms with E-state index < -0.39 is 10.0 Å². The smallest absolute Gasteiger partial charge is 0.229 e. The fourth-order valence-corrected chi connectivity index (χ4v) is 2.05. The van der Waals surface area contributed by atoms with Crippen molar-refractivity contribution in [1.29, 1.82) is 0 Å². The summed E-state index contributed by atoms with van der Waals surface area (Å²) in [6.45, 7) is 1.99. The molecule has 0 bridgehead atoms. The van der Waals surface area contributed by atoms with Gasteiger partial charge in [-0.15, -0.1) is 0 Å². The molecule has 0 aromatic carbocycles. The van der Waals surface area contributed by atoms with Gasteiger partial charge in [0.2, 0.25) is 10.0 Å². The Kier molecular flexibility index (Phi) is 3.24. The minimum absolute atomic E-state index is 0.225. The summed E-state index contributed by atoms with van der Waals surface area (Å²) in [5.74, 6) is 0.621. The van der Waals surface area contributed by atoms with E-state index >= 15 is 0 Å². The Morgan fingerprint density at radius 2 is 2.18 bits per heavy atom. The lowest BCUT2D eigenvalue weighted by molar-refractivity contribution is 0.301. The molecule has 0 saturated heterocycles. The highest BCUT2D eigenvalue weighted by molar-refractivity contribution is 7.92.